The van der Waals surface area contributed by atoms with Gasteiger partial charge in [-0.15, -0.1) is 0 Å². The van der Waals surface area contributed by atoms with Gasteiger partial charge in [0, 0.05) is 12.0 Å². The summed E-state index contributed by atoms with van der Waals surface area (Å²) in [6.07, 6.45) is 2.37. The lowest BCUT2D eigenvalue weighted by Gasteiger charge is -1.91. The molecular weight excluding hydrogens is 172 g/mol. The van der Waals surface area contributed by atoms with Gasteiger partial charge in [0.05, 0.1) is 13.7 Å². The Balaban J connectivity index is 3.90. The Labute approximate surface area is 76.5 Å². The summed E-state index contributed by atoms with van der Waals surface area (Å²) >= 11 is 0. The number of ether oxygens (including phenoxy) is 2. The van der Waals surface area contributed by atoms with Crippen LogP contribution in [0, 0.1) is 11.8 Å². The predicted octanol–water partition coefficient (Wildman–Crippen LogP) is 0.282. The lowest BCUT2D eigenvalue weighted by molar-refractivity contribution is -0.137. The van der Waals surface area contributed by atoms with Crippen LogP contribution in [0.4, 0.5) is 0 Å². The van der Waals surface area contributed by atoms with Crippen LogP contribution in [0.25, 0.3) is 0 Å². The van der Waals surface area contributed by atoms with Gasteiger partial charge < -0.3 is 9.47 Å². The molecule has 0 saturated heterocycles. The van der Waals surface area contributed by atoms with E-state index in [4.69, 9.17) is 0 Å². The molecule has 0 heterocycles. The normalized spacial score (nSPS) is 8.77. The molecule has 0 unspecified atom stereocenters. The molecule has 0 aromatic rings. The van der Waals surface area contributed by atoms with Gasteiger partial charge in [0.1, 0.15) is 0 Å². The molecule has 0 fully saturated rings. The molecule has 0 amide bonds. The summed E-state index contributed by atoms with van der Waals surface area (Å²) in [6, 6.07) is 0. The highest BCUT2D eigenvalue weighted by Gasteiger charge is 1.91. The first-order chi connectivity index (χ1) is 6.20. The number of rotatable bonds is 2. The molecular formula is C9H10O4. The Morgan fingerprint density at radius 1 is 1.46 bits per heavy atom. The molecule has 0 N–H and O–H groups in total. The minimum absolute atomic E-state index is 0.313. The average molecular weight is 182 g/mol. The molecule has 0 aromatic carbocycles. The lowest BCUT2D eigenvalue weighted by Crippen LogP contribution is -1.98. The van der Waals surface area contributed by atoms with Crippen molar-refractivity contribution in [2.24, 2.45) is 0 Å². The molecule has 4 heteroatoms. The third kappa shape index (κ3) is 6.63. The summed E-state index contributed by atoms with van der Waals surface area (Å²) in [7, 11) is 1.23. The van der Waals surface area contributed by atoms with E-state index in [2.05, 4.69) is 21.3 Å². The number of carbonyl (C=O) groups is 2. The Morgan fingerprint density at radius 2 is 2.15 bits per heavy atom. The second-order valence-electron chi connectivity index (χ2n) is 1.85. The SMILES string of the molecule is CCOC(=O)/C=C/C#CC(=O)OC. The molecule has 70 valence electrons. The highest BCUT2D eigenvalue weighted by atomic mass is 16.5. The second-order valence-corrected chi connectivity index (χ2v) is 1.85. The van der Waals surface area contributed by atoms with E-state index in [-0.39, 0.29) is 0 Å². The summed E-state index contributed by atoms with van der Waals surface area (Å²) in [5, 5.41) is 0. The molecule has 0 aliphatic rings. The van der Waals surface area contributed by atoms with Crippen LogP contribution in [0.3, 0.4) is 0 Å². The molecule has 0 atom stereocenters. The number of carbonyl (C=O) groups excluding carboxylic acids is 2. The zero-order valence-corrected chi connectivity index (χ0v) is 7.49. The van der Waals surface area contributed by atoms with Gasteiger partial charge in [-0.2, -0.15) is 0 Å². The summed E-state index contributed by atoms with van der Waals surface area (Å²) < 4.78 is 8.81. The van der Waals surface area contributed by atoms with Gasteiger partial charge >= 0.3 is 11.9 Å². The third-order valence-electron chi connectivity index (χ3n) is 0.949. The fourth-order valence-electron chi connectivity index (χ4n) is 0.452. The maximum absolute atomic E-state index is 10.7. The molecule has 0 aliphatic carbocycles. The largest absolute Gasteiger partial charge is 0.463 e. The van der Waals surface area contributed by atoms with Crippen molar-refractivity contribution >= 4 is 11.9 Å². The van der Waals surface area contributed by atoms with Gasteiger partial charge in [0.25, 0.3) is 0 Å². The van der Waals surface area contributed by atoms with Gasteiger partial charge in [0.2, 0.25) is 0 Å². The quantitative estimate of drug-likeness (QED) is 0.266. The van der Waals surface area contributed by atoms with Crippen molar-refractivity contribution in [3.8, 4) is 11.8 Å². The Hall–Kier alpha value is -1.76. The van der Waals surface area contributed by atoms with Crippen molar-refractivity contribution in [2.45, 2.75) is 6.92 Å². The summed E-state index contributed by atoms with van der Waals surface area (Å²) in [5.41, 5.74) is 0. The van der Waals surface area contributed by atoms with Crippen LogP contribution in [0.5, 0.6) is 0 Å². The van der Waals surface area contributed by atoms with E-state index < -0.39 is 11.9 Å². The Bertz CT molecular complexity index is 267. The van der Waals surface area contributed by atoms with Crippen LogP contribution in [-0.4, -0.2) is 25.7 Å². The number of allylic oxidation sites excluding steroid dienone is 1. The van der Waals surface area contributed by atoms with Crippen LogP contribution in [0.2, 0.25) is 0 Å². The van der Waals surface area contributed by atoms with Crippen LogP contribution >= 0.6 is 0 Å². The van der Waals surface area contributed by atoms with E-state index in [1.165, 1.54) is 13.2 Å². The molecule has 0 spiro atoms. The van der Waals surface area contributed by atoms with E-state index in [9.17, 15) is 9.59 Å². The summed E-state index contributed by atoms with van der Waals surface area (Å²) in [5.74, 6) is 3.31. The maximum Gasteiger partial charge on any atom is 0.384 e. The Morgan fingerprint density at radius 3 is 2.69 bits per heavy atom. The molecule has 0 aromatic heterocycles. The maximum atomic E-state index is 10.7. The van der Waals surface area contributed by atoms with Crippen molar-refractivity contribution < 1.29 is 19.1 Å². The Kier molecular flexibility index (Phi) is 5.98. The molecule has 0 aliphatic heterocycles. The zero-order valence-electron chi connectivity index (χ0n) is 7.49. The monoisotopic (exact) mass is 182 g/mol. The third-order valence-corrected chi connectivity index (χ3v) is 0.949. The van der Waals surface area contributed by atoms with Crippen LogP contribution in [-0.2, 0) is 19.1 Å². The van der Waals surface area contributed by atoms with Crippen molar-refractivity contribution in [3.63, 3.8) is 0 Å². The number of methoxy groups -OCH3 is 1. The van der Waals surface area contributed by atoms with Gasteiger partial charge in [-0.25, -0.2) is 9.59 Å². The first kappa shape index (κ1) is 11.2. The minimum Gasteiger partial charge on any atom is -0.463 e. The standard InChI is InChI=1S/C9H10O4/c1-3-13-9(11)7-5-4-6-8(10)12-2/h5,7H,3H2,1-2H3/b7-5+. The fraction of sp³-hybridized carbons (Fsp3) is 0.333. The summed E-state index contributed by atoms with van der Waals surface area (Å²) in [4.78, 5) is 21.1. The van der Waals surface area contributed by atoms with Crippen LogP contribution < -0.4 is 0 Å². The topological polar surface area (TPSA) is 52.6 Å². The average Bonchev–Trinajstić information content (AvgIpc) is 2.12. The minimum atomic E-state index is -0.645. The number of hydrogen-bond acceptors (Lipinski definition) is 4. The highest BCUT2D eigenvalue weighted by molar-refractivity contribution is 5.89. The van der Waals surface area contributed by atoms with Crippen molar-refractivity contribution in [1.29, 1.82) is 0 Å². The van der Waals surface area contributed by atoms with E-state index in [0.717, 1.165) is 6.08 Å². The molecule has 0 rings (SSSR count). The van der Waals surface area contributed by atoms with Crippen molar-refractivity contribution in [3.05, 3.63) is 12.2 Å². The molecule has 0 saturated carbocycles. The number of hydrogen-bond donors (Lipinski definition) is 0. The van der Waals surface area contributed by atoms with E-state index in [0.29, 0.717) is 6.61 Å². The van der Waals surface area contributed by atoms with Crippen molar-refractivity contribution in [1.82, 2.24) is 0 Å². The van der Waals surface area contributed by atoms with E-state index in [1.807, 2.05) is 0 Å². The van der Waals surface area contributed by atoms with Gasteiger partial charge in [-0.3, -0.25) is 0 Å². The predicted molar refractivity (Wildman–Crippen MR) is 45.6 cm³/mol. The zero-order chi connectivity index (χ0) is 10.1. The van der Waals surface area contributed by atoms with Gasteiger partial charge in [0.15, 0.2) is 0 Å². The van der Waals surface area contributed by atoms with Crippen LogP contribution in [0.1, 0.15) is 6.92 Å². The second kappa shape index (κ2) is 6.92. The van der Waals surface area contributed by atoms with Gasteiger partial charge in [-0.1, -0.05) is 5.92 Å². The molecule has 0 radical (unpaired) electrons. The molecule has 4 nitrogen and oxygen atoms in total. The first-order valence-corrected chi connectivity index (χ1v) is 3.63. The molecule has 0 bridgehead atoms. The summed E-state index contributed by atoms with van der Waals surface area (Å²) in [6.45, 7) is 2.01. The van der Waals surface area contributed by atoms with Crippen LogP contribution in [0.15, 0.2) is 12.2 Å². The number of esters is 2. The van der Waals surface area contributed by atoms with Gasteiger partial charge in [-0.05, 0) is 13.0 Å². The van der Waals surface area contributed by atoms with E-state index in [1.54, 1.807) is 6.92 Å². The fourth-order valence-corrected chi connectivity index (χ4v) is 0.452. The molecule has 13 heavy (non-hydrogen) atoms. The highest BCUT2D eigenvalue weighted by Crippen LogP contribution is 1.79. The van der Waals surface area contributed by atoms with E-state index >= 15 is 0 Å². The smallest absolute Gasteiger partial charge is 0.384 e. The first-order valence-electron chi connectivity index (χ1n) is 3.63. The lowest BCUT2D eigenvalue weighted by atomic mass is 10.5. The van der Waals surface area contributed by atoms with Crippen molar-refractivity contribution in [2.75, 3.05) is 13.7 Å².